The van der Waals surface area contributed by atoms with Crippen LogP contribution in [0.25, 0.3) is 10.9 Å². The van der Waals surface area contributed by atoms with Crippen LogP contribution in [0.2, 0.25) is 0 Å². The monoisotopic (exact) mass is 532 g/mol. The lowest BCUT2D eigenvalue weighted by Gasteiger charge is -2.16. The SMILES string of the molecule is CCOC(=O)[C@H](C)Oc1c(OC)cc(C=Nn2c(C)nc3ccc(Br)cc3c2=O)cc1[N+](=O)[O-]. The maximum absolute atomic E-state index is 12.9. The number of halogens is 1. The number of carbonyl (C=O) groups excluding carboxylic acids is 1. The van der Waals surface area contributed by atoms with Crippen LogP contribution < -0.4 is 15.0 Å². The number of ether oxygens (including phenoxy) is 3. The second kappa shape index (κ2) is 10.4. The Bertz CT molecular complexity index is 1350. The number of methoxy groups -OCH3 is 1. The minimum Gasteiger partial charge on any atom is -0.493 e. The van der Waals surface area contributed by atoms with E-state index in [4.69, 9.17) is 14.2 Å². The maximum atomic E-state index is 12.9. The molecule has 0 bridgehead atoms. The number of carbonyl (C=O) groups is 1. The van der Waals surface area contributed by atoms with E-state index in [-0.39, 0.29) is 23.7 Å². The molecule has 3 rings (SSSR count). The van der Waals surface area contributed by atoms with Crippen LogP contribution in [0.3, 0.4) is 0 Å². The Morgan fingerprint density at radius 3 is 2.74 bits per heavy atom. The molecule has 3 aromatic rings. The fourth-order valence-electron chi connectivity index (χ4n) is 3.09. The molecule has 1 heterocycles. The van der Waals surface area contributed by atoms with Crippen LogP contribution in [0.15, 0.2) is 44.7 Å². The maximum Gasteiger partial charge on any atom is 0.347 e. The summed E-state index contributed by atoms with van der Waals surface area (Å²) in [5.74, 6) is -0.553. The molecule has 2 aromatic carbocycles. The molecule has 0 N–H and O–H groups in total. The van der Waals surface area contributed by atoms with E-state index in [1.165, 1.54) is 32.4 Å². The largest absolute Gasteiger partial charge is 0.493 e. The van der Waals surface area contributed by atoms with Crippen molar-refractivity contribution in [3.05, 3.63) is 66.7 Å². The third kappa shape index (κ3) is 5.22. The summed E-state index contributed by atoms with van der Waals surface area (Å²) in [5, 5.41) is 16.3. The van der Waals surface area contributed by atoms with Crippen LogP contribution in [0.5, 0.6) is 11.5 Å². The van der Waals surface area contributed by atoms with Crippen molar-refractivity contribution in [3.8, 4) is 11.5 Å². The molecule has 0 saturated heterocycles. The van der Waals surface area contributed by atoms with E-state index in [1.807, 2.05) is 0 Å². The standard InChI is InChI=1S/C22H21BrN4O7/c1-5-33-22(29)12(2)34-20-18(27(30)31)8-14(9-19(20)32-4)11-24-26-13(3)25-17-7-6-15(23)10-16(17)21(26)28/h6-12H,5H2,1-4H3/t12-/m0/s1. The average Bonchev–Trinajstić information content (AvgIpc) is 2.79. The highest BCUT2D eigenvalue weighted by Crippen LogP contribution is 2.38. The van der Waals surface area contributed by atoms with Crippen molar-refractivity contribution in [2.24, 2.45) is 5.10 Å². The summed E-state index contributed by atoms with van der Waals surface area (Å²) >= 11 is 3.33. The molecule has 0 radical (unpaired) electrons. The fraction of sp³-hybridized carbons (Fsp3) is 0.273. The van der Waals surface area contributed by atoms with Gasteiger partial charge < -0.3 is 14.2 Å². The van der Waals surface area contributed by atoms with E-state index < -0.39 is 28.2 Å². The third-order valence-corrected chi connectivity index (χ3v) is 5.17. The van der Waals surface area contributed by atoms with Crippen molar-refractivity contribution in [3.63, 3.8) is 0 Å². The average molecular weight is 533 g/mol. The second-order valence-electron chi connectivity index (χ2n) is 7.02. The number of esters is 1. The second-order valence-corrected chi connectivity index (χ2v) is 7.94. The van der Waals surface area contributed by atoms with Gasteiger partial charge in [-0.2, -0.15) is 9.78 Å². The van der Waals surface area contributed by atoms with Crippen molar-refractivity contribution < 1.29 is 23.9 Å². The quantitative estimate of drug-likeness (QED) is 0.186. The van der Waals surface area contributed by atoms with Gasteiger partial charge in [0.05, 0.1) is 35.8 Å². The van der Waals surface area contributed by atoms with Gasteiger partial charge in [-0.05, 0) is 45.0 Å². The van der Waals surface area contributed by atoms with E-state index in [9.17, 15) is 19.7 Å². The summed E-state index contributed by atoms with van der Waals surface area (Å²) < 4.78 is 17.5. The van der Waals surface area contributed by atoms with Gasteiger partial charge in [-0.1, -0.05) is 15.9 Å². The molecule has 11 nitrogen and oxygen atoms in total. The molecular weight excluding hydrogens is 512 g/mol. The number of nitro groups is 1. The Morgan fingerprint density at radius 2 is 2.09 bits per heavy atom. The number of benzene rings is 2. The van der Waals surface area contributed by atoms with Crippen molar-refractivity contribution >= 4 is 44.7 Å². The molecule has 12 heteroatoms. The molecule has 178 valence electrons. The molecule has 0 aliphatic heterocycles. The first-order chi connectivity index (χ1) is 16.2. The Labute approximate surface area is 202 Å². The van der Waals surface area contributed by atoms with Crippen LogP contribution in [0, 0.1) is 17.0 Å². The zero-order valence-corrected chi connectivity index (χ0v) is 20.4. The summed E-state index contributed by atoms with van der Waals surface area (Å²) in [6, 6.07) is 7.77. The topological polar surface area (TPSA) is 135 Å². The molecule has 0 aliphatic rings. The van der Waals surface area contributed by atoms with E-state index >= 15 is 0 Å². The third-order valence-electron chi connectivity index (χ3n) is 4.68. The molecule has 34 heavy (non-hydrogen) atoms. The Balaban J connectivity index is 2.05. The normalized spacial score (nSPS) is 12.0. The predicted octanol–water partition coefficient (Wildman–Crippen LogP) is 3.60. The number of nitrogens with zero attached hydrogens (tertiary/aromatic N) is 4. The molecule has 0 spiro atoms. The van der Waals surface area contributed by atoms with Crippen LogP contribution in [0.1, 0.15) is 25.2 Å². The minimum atomic E-state index is -1.10. The summed E-state index contributed by atoms with van der Waals surface area (Å²) in [6.07, 6.45) is 0.171. The highest BCUT2D eigenvalue weighted by atomic mass is 79.9. The molecule has 0 saturated carbocycles. The lowest BCUT2D eigenvalue weighted by molar-refractivity contribution is -0.386. The summed E-state index contributed by atoms with van der Waals surface area (Å²) in [5.41, 5.74) is -0.0571. The number of fused-ring (bicyclic) bond motifs is 1. The Morgan fingerprint density at radius 1 is 1.35 bits per heavy atom. The van der Waals surface area contributed by atoms with Gasteiger partial charge in [0.1, 0.15) is 5.82 Å². The number of aryl methyl sites for hydroxylation is 1. The highest BCUT2D eigenvalue weighted by Gasteiger charge is 2.27. The van der Waals surface area contributed by atoms with Gasteiger partial charge in [-0.15, -0.1) is 0 Å². The predicted molar refractivity (Wildman–Crippen MR) is 128 cm³/mol. The Hall–Kier alpha value is -3.80. The molecule has 0 amide bonds. The van der Waals surface area contributed by atoms with Gasteiger partial charge in [0.25, 0.3) is 5.56 Å². The smallest absolute Gasteiger partial charge is 0.347 e. The van der Waals surface area contributed by atoms with Crippen LogP contribution >= 0.6 is 15.9 Å². The van der Waals surface area contributed by atoms with E-state index in [2.05, 4.69) is 26.0 Å². The van der Waals surface area contributed by atoms with Gasteiger partial charge in [-0.3, -0.25) is 14.9 Å². The number of hydrogen-bond acceptors (Lipinski definition) is 9. The fourth-order valence-corrected chi connectivity index (χ4v) is 3.45. The summed E-state index contributed by atoms with van der Waals surface area (Å²) in [6.45, 7) is 4.81. The van der Waals surface area contributed by atoms with Gasteiger partial charge in [-0.25, -0.2) is 9.78 Å². The lowest BCUT2D eigenvalue weighted by atomic mass is 10.1. The van der Waals surface area contributed by atoms with E-state index in [1.54, 1.807) is 32.0 Å². The zero-order chi connectivity index (χ0) is 25.0. The molecule has 0 fully saturated rings. The Kier molecular flexibility index (Phi) is 7.61. The number of nitro benzene ring substituents is 1. The van der Waals surface area contributed by atoms with E-state index in [0.29, 0.717) is 21.2 Å². The van der Waals surface area contributed by atoms with Gasteiger partial charge in [0, 0.05) is 16.1 Å². The van der Waals surface area contributed by atoms with Crippen LogP contribution in [-0.4, -0.2) is 46.6 Å². The molecular formula is C22H21BrN4O7. The first kappa shape index (κ1) is 24.8. The number of hydrogen-bond donors (Lipinski definition) is 0. The lowest BCUT2D eigenvalue weighted by Crippen LogP contribution is -2.26. The summed E-state index contributed by atoms with van der Waals surface area (Å²) in [7, 11) is 1.31. The molecule has 0 aliphatic carbocycles. The molecule has 1 atom stereocenters. The molecule has 0 unspecified atom stereocenters. The zero-order valence-electron chi connectivity index (χ0n) is 18.8. The van der Waals surface area contributed by atoms with Gasteiger partial charge >= 0.3 is 11.7 Å². The van der Waals surface area contributed by atoms with Crippen LogP contribution in [-0.2, 0) is 9.53 Å². The first-order valence-corrected chi connectivity index (χ1v) is 10.9. The highest BCUT2D eigenvalue weighted by molar-refractivity contribution is 9.10. The minimum absolute atomic E-state index is 0.0106. The van der Waals surface area contributed by atoms with Crippen molar-refractivity contribution in [1.29, 1.82) is 0 Å². The van der Waals surface area contributed by atoms with Crippen molar-refractivity contribution in [2.75, 3.05) is 13.7 Å². The van der Waals surface area contributed by atoms with Gasteiger partial charge in [0.2, 0.25) is 5.75 Å². The van der Waals surface area contributed by atoms with Gasteiger partial charge in [0.15, 0.2) is 11.9 Å². The number of rotatable bonds is 8. The summed E-state index contributed by atoms with van der Waals surface area (Å²) in [4.78, 5) is 40.2. The van der Waals surface area contributed by atoms with Crippen molar-refractivity contribution in [1.82, 2.24) is 9.66 Å². The first-order valence-electron chi connectivity index (χ1n) is 10.1. The van der Waals surface area contributed by atoms with E-state index in [0.717, 1.165) is 4.68 Å². The van der Waals surface area contributed by atoms with Crippen molar-refractivity contribution in [2.45, 2.75) is 26.9 Å². The molecule has 1 aromatic heterocycles. The van der Waals surface area contributed by atoms with Crippen LogP contribution in [0.4, 0.5) is 5.69 Å². The number of aromatic nitrogens is 2.